The van der Waals surface area contributed by atoms with Crippen LogP contribution in [0.1, 0.15) is 40.5 Å². The second kappa shape index (κ2) is 14.0. The highest BCUT2D eigenvalue weighted by molar-refractivity contribution is 7.57. The van der Waals surface area contributed by atoms with Crippen LogP contribution in [0.4, 0.5) is 0 Å². The monoisotopic (exact) mass is 532 g/mol. The number of nitrogens with one attached hydrogen (secondary N) is 2. The van der Waals surface area contributed by atoms with Crippen LogP contribution >= 0.6 is 7.52 Å². The molecule has 1 saturated heterocycles. The number of benzene rings is 1. The number of carbonyl (C=O) groups excluding carboxylic acids is 2. The summed E-state index contributed by atoms with van der Waals surface area (Å²) in [4.78, 5) is 24.1. The van der Waals surface area contributed by atoms with Crippen molar-refractivity contribution in [2.75, 3.05) is 13.0 Å². The van der Waals surface area contributed by atoms with Crippen LogP contribution in [-0.4, -0.2) is 82.9 Å². The van der Waals surface area contributed by atoms with E-state index in [0.717, 1.165) is 0 Å². The Morgan fingerprint density at radius 2 is 1.78 bits per heavy atom. The maximum absolute atomic E-state index is 13.6. The zero-order valence-corrected chi connectivity index (χ0v) is 21.8. The van der Waals surface area contributed by atoms with E-state index < -0.39 is 62.4 Å². The fraction of sp³-hybridized carbons (Fsp3) is 0.652. The van der Waals surface area contributed by atoms with Crippen molar-refractivity contribution in [2.24, 2.45) is 0 Å². The van der Waals surface area contributed by atoms with Gasteiger partial charge in [-0.3, -0.25) is 14.2 Å². The van der Waals surface area contributed by atoms with Crippen LogP contribution in [-0.2, 0) is 28.4 Å². The van der Waals surface area contributed by atoms with Crippen LogP contribution in [0, 0.1) is 0 Å². The summed E-state index contributed by atoms with van der Waals surface area (Å²) in [5, 5.41) is 36.2. The molecule has 1 heterocycles. The molecule has 12 nitrogen and oxygen atoms in total. The van der Waals surface area contributed by atoms with Gasteiger partial charge >= 0.3 is 13.5 Å². The zero-order valence-electron chi connectivity index (χ0n) is 20.9. The van der Waals surface area contributed by atoms with Crippen molar-refractivity contribution in [3.63, 3.8) is 0 Å². The van der Waals surface area contributed by atoms with Crippen LogP contribution in [0.15, 0.2) is 30.3 Å². The van der Waals surface area contributed by atoms with Gasteiger partial charge in [-0.1, -0.05) is 25.1 Å². The first-order valence-electron chi connectivity index (χ1n) is 11.8. The van der Waals surface area contributed by atoms with E-state index in [1.54, 1.807) is 51.1 Å². The first-order chi connectivity index (χ1) is 17.0. The van der Waals surface area contributed by atoms with Crippen molar-refractivity contribution >= 4 is 19.4 Å². The molecule has 36 heavy (non-hydrogen) atoms. The lowest BCUT2D eigenvalue weighted by Crippen LogP contribution is -2.64. The molecule has 1 aromatic rings. The molecule has 0 saturated carbocycles. The molecule has 0 bridgehead atoms. The molecule has 7 atom stereocenters. The third kappa shape index (κ3) is 9.11. The van der Waals surface area contributed by atoms with Gasteiger partial charge in [0.05, 0.1) is 12.7 Å². The lowest BCUT2D eigenvalue weighted by atomic mass is 9.97. The average molecular weight is 533 g/mol. The van der Waals surface area contributed by atoms with E-state index in [2.05, 4.69) is 10.4 Å². The van der Waals surface area contributed by atoms with Gasteiger partial charge < -0.3 is 39.4 Å². The minimum atomic E-state index is -3.84. The predicted molar refractivity (Wildman–Crippen MR) is 129 cm³/mol. The third-order valence-corrected chi connectivity index (χ3v) is 6.97. The van der Waals surface area contributed by atoms with Gasteiger partial charge in [0.25, 0.3) is 0 Å². The van der Waals surface area contributed by atoms with Crippen LogP contribution in [0.25, 0.3) is 0 Å². The van der Waals surface area contributed by atoms with Gasteiger partial charge in [-0.05, 0) is 39.3 Å². The van der Waals surface area contributed by atoms with E-state index in [-0.39, 0.29) is 24.9 Å². The molecule has 2 unspecified atom stereocenters. The summed E-state index contributed by atoms with van der Waals surface area (Å²) in [5.41, 5.74) is 0. The summed E-state index contributed by atoms with van der Waals surface area (Å²) in [6, 6.07) is 6.07. The average Bonchev–Trinajstić information content (AvgIpc) is 2.80. The summed E-state index contributed by atoms with van der Waals surface area (Å²) in [7, 11) is -3.84. The highest BCUT2D eigenvalue weighted by Gasteiger charge is 2.45. The van der Waals surface area contributed by atoms with Gasteiger partial charge in [0.15, 0.2) is 6.29 Å². The number of para-hydroxylation sites is 1. The van der Waals surface area contributed by atoms with E-state index in [9.17, 15) is 29.5 Å². The van der Waals surface area contributed by atoms with Crippen molar-refractivity contribution in [3.05, 3.63) is 30.3 Å². The second-order valence-electron chi connectivity index (χ2n) is 8.80. The standard InChI is InChI=1S/C23H37N2O10P/c1-5-9-18(26)24-19-21(28)20(27)17(34-23(19)30)12-32-13-36(31,35-16-10-7-6-8-11-16)25-15(4)22(29)33-14(2)3/h6-8,10-11,14-15,17,19-21,23,27-28,30H,5,9,12-13H2,1-4H3,(H,24,26)(H,25,31)/t15-,17+,19+,20+,21+,23?,36?/m0/s1. The highest BCUT2D eigenvalue weighted by Crippen LogP contribution is 2.43. The molecule has 1 amide bonds. The quantitative estimate of drug-likeness (QED) is 0.180. The number of ether oxygens (including phenoxy) is 3. The molecule has 204 valence electrons. The summed E-state index contributed by atoms with van der Waals surface area (Å²) >= 11 is 0. The van der Waals surface area contributed by atoms with Gasteiger partial charge in [0.2, 0.25) is 5.91 Å². The SMILES string of the molecule is CCCC(=O)N[C@H]1C(O)O[C@H](COCP(=O)(N[C@@H](C)C(=O)OC(C)C)Oc2ccccc2)[C@@H](O)[C@@H]1O. The Kier molecular flexibility index (Phi) is 11.8. The van der Waals surface area contributed by atoms with Crippen molar-refractivity contribution in [3.8, 4) is 5.75 Å². The first-order valence-corrected chi connectivity index (χ1v) is 13.7. The number of esters is 1. The van der Waals surface area contributed by atoms with Crippen LogP contribution in [0.5, 0.6) is 5.75 Å². The molecule has 1 fully saturated rings. The van der Waals surface area contributed by atoms with Crippen LogP contribution in [0.3, 0.4) is 0 Å². The van der Waals surface area contributed by atoms with Crippen molar-refractivity contribution < 1.29 is 48.2 Å². The van der Waals surface area contributed by atoms with Crippen molar-refractivity contribution in [1.29, 1.82) is 0 Å². The Bertz CT molecular complexity index is 887. The summed E-state index contributed by atoms with van der Waals surface area (Å²) < 4.78 is 35.2. The van der Waals surface area contributed by atoms with E-state index in [1.165, 1.54) is 6.92 Å². The van der Waals surface area contributed by atoms with Crippen molar-refractivity contribution in [2.45, 2.75) is 83.3 Å². The Morgan fingerprint density at radius 1 is 1.11 bits per heavy atom. The highest BCUT2D eigenvalue weighted by atomic mass is 31.2. The molecule has 2 rings (SSSR count). The summed E-state index contributed by atoms with van der Waals surface area (Å²) in [5.74, 6) is -0.761. The molecule has 0 aliphatic carbocycles. The number of hydrogen-bond acceptors (Lipinski definition) is 10. The Balaban J connectivity index is 2.03. The summed E-state index contributed by atoms with van der Waals surface area (Å²) in [6.45, 7) is 6.27. The Hall–Kier alpha value is -2.05. The molecule has 1 aromatic carbocycles. The lowest BCUT2D eigenvalue weighted by Gasteiger charge is -2.40. The molecule has 0 spiro atoms. The molecule has 0 radical (unpaired) electrons. The number of carbonyl (C=O) groups is 2. The molecule has 0 aromatic heterocycles. The normalized spacial score (nSPS) is 26.6. The fourth-order valence-corrected chi connectivity index (χ4v) is 5.12. The van der Waals surface area contributed by atoms with Gasteiger partial charge in [-0.15, -0.1) is 0 Å². The largest absolute Gasteiger partial charge is 0.462 e. The Labute approximate surface area is 210 Å². The number of aliphatic hydroxyl groups is 3. The van der Waals surface area contributed by atoms with Crippen molar-refractivity contribution in [1.82, 2.24) is 10.4 Å². The van der Waals surface area contributed by atoms with Crippen LogP contribution < -0.4 is 14.9 Å². The molecule has 5 N–H and O–H groups in total. The van der Waals surface area contributed by atoms with Gasteiger partial charge in [0.1, 0.15) is 42.5 Å². The zero-order chi connectivity index (χ0) is 26.9. The molecule has 1 aliphatic rings. The number of hydrogen-bond donors (Lipinski definition) is 5. The number of aliphatic hydroxyl groups excluding tert-OH is 3. The Morgan fingerprint density at radius 3 is 2.39 bits per heavy atom. The van der Waals surface area contributed by atoms with E-state index in [0.29, 0.717) is 6.42 Å². The maximum Gasteiger partial charge on any atom is 0.342 e. The van der Waals surface area contributed by atoms with E-state index >= 15 is 0 Å². The van der Waals surface area contributed by atoms with Gasteiger partial charge in [-0.2, -0.15) is 0 Å². The minimum Gasteiger partial charge on any atom is -0.462 e. The predicted octanol–water partition coefficient (Wildman–Crippen LogP) is 0.886. The van der Waals surface area contributed by atoms with Gasteiger partial charge in [-0.25, -0.2) is 5.09 Å². The number of rotatable bonds is 13. The molecular weight excluding hydrogens is 495 g/mol. The van der Waals surface area contributed by atoms with E-state index in [4.69, 9.17) is 18.7 Å². The molecular formula is C23H37N2O10P. The second-order valence-corrected chi connectivity index (χ2v) is 10.8. The number of amides is 1. The minimum absolute atomic E-state index is 0.186. The van der Waals surface area contributed by atoms with E-state index in [1.807, 2.05) is 0 Å². The lowest BCUT2D eigenvalue weighted by molar-refractivity contribution is -0.255. The first kappa shape index (κ1) is 30.2. The molecule has 1 aliphatic heterocycles. The summed E-state index contributed by atoms with van der Waals surface area (Å²) in [6.07, 6.45) is -5.98. The molecule has 13 heteroatoms. The fourth-order valence-electron chi connectivity index (χ4n) is 3.44. The smallest absolute Gasteiger partial charge is 0.342 e. The van der Waals surface area contributed by atoms with Gasteiger partial charge in [0, 0.05) is 6.42 Å². The maximum atomic E-state index is 13.6. The topological polar surface area (TPSA) is 173 Å². The van der Waals surface area contributed by atoms with Crippen LogP contribution in [0.2, 0.25) is 0 Å². The third-order valence-electron chi connectivity index (χ3n) is 5.16.